The van der Waals surface area contributed by atoms with Crippen molar-refractivity contribution in [2.24, 2.45) is 0 Å². The lowest BCUT2D eigenvalue weighted by Crippen LogP contribution is -2.64. The van der Waals surface area contributed by atoms with Crippen LogP contribution >= 0.6 is 15.9 Å². The van der Waals surface area contributed by atoms with Crippen molar-refractivity contribution in [3.63, 3.8) is 0 Å². The van der Waals surface area contributed by atoms with Crippen molar-refractivity contribution in [1.29, 1.82) is 0 Å². The number of benzene rings is 1. The molecule has 2 heterocycles. The Hall–Kier alpha value is -2.68. The van der Waals surface area contributed by atoms with E-state index in [0.29, 0.717) is 18.8 Å². The van der Waals surface area contributed by atoms with Gasteiger partial charge < -0.3 is 15.5 Å². The lowest BCUT2D eigenvalue weighted by atomic mass is 9.94. The van der Waals surface area contributed by atoms with Gasteiger partial charge in [0.05, 0.1) is 6.54 Å². The third kappa shape index (κ3) is 4.30. The Morgan fingerprint density at radius 1 is 1.25 bits per heavy atom. The molecule has 8 nitrogen and oxygen atoms in total. The maximum Gasteiger partial charge on any atom is 0.273 e. The molecule has 9 heteroatoms. The van der Waals surface area contributed by atoms with E-state index in [4.69, 9.17) is 0 Å². The van der Waals surface area contributed by atoms with E-state index < -0.39 is 5.54 Å². The number of hydrogen-bond donors (Lipinski definition) is 2. The smallest absolute Gasteiger partial charge is 0.273 e. The molecule has 1 atom stereocenters. The van der Waals surface area contributed by atoms with Crippen LogP contribution in [0.4, 0.5) is 0 Å². The van der Waals surface area contributed by atoms with Gasteiger partial charge in [-0.05, 0) is 44.4 Å². The molecule has 32 heavy (non-hydrogen) atoms. The number of hydrogen-bond acceptors (Lipinski definition) is 4. The van der Waals surface area contributed by atoms with Crippen LogP contribution in [0.25, 0.3) is 0 Å². The summed E-state index contributed by atoms with van der Waals surface area (Å²) in [5.41, 5.74) is 0.379. The number of carbonyl (C=O) groups excluding carboxylic acids is 3. The first-order chi connectivity index (χ1) is 15.3. The summed E-state index contributed by atoms with van der Waals surface area (Å²) >= 11 is 3.42. The highest BCUT2D eigenvalue weighted by Crippen LogP contribution is 2.28. The number of rotatable bonds is 6. The molecule has 1 saturated carbocycles. The van der Waals surface area contributed by atoms with Crippen LogP contribution in [-0.4, -0.2) is 50.5 Å². The standard InChI is InChI=1S/C23H28BrN5O3/c1-3-28-21(31)19-12-18(20(30)25-13-15-7-6-8-16(24)11-15)27-29(19)14-23(28,2)22(32)26-17-9-4-5-10-17/h6-8,11-12,17H,3-5,9-10,13-14H2,1-2H3,(H,25,30)(H,26,32)/t23-/m1/s1. The van der Waals surface area contributed by atoms with Crippen molar-refractivity contribution in [3.05, 3.63) is 51.8 Å². The number of nitrogens with one attached hydrogen (secondary N) is 2. The molecule has 1 fully saturated rings. The van der Waals surface area contributed by atoms with Crippen molar-refractivity contribution in [2.45, 2.75) is 64.2 Å². The number of amides is 3. The summed E-state index contributed by atoms with van der Waals surface area (Å²) in [6.07, 6.45) is 4.16. The van der Waals surface area contributed by atoms with Crippen molar-refractivity contribution in [2.75, 3.05) is 6.54 Å². The molecule has 0 spiro atoms. The number of aromatic nitrogens is 2. The zero-order valence-corrected chi connectivity index (χ0v) is 19.9. The minimum Gasteiger partial charge on any atom is -0.351 e. The monoisotopic (exact) mass is 501 g/mol. The molecule has 0 saturated heterocycles. The largest absolute Gasteiger partial charge is 0.351 e. The molecule has 1 aromatic carbocycles. The highest BCUT2D eigenvalue weighted by molar-refractivity contribution is 9.10. The summed E-state index contributed by atoms with van der Waals surface area (Å²) in [6, 6.07) is 9.33. The predicted octanol–water partition coefficient (Wildman–Crippen LogP) is 2.87. The first-order valence-electron chi connectivity index (χ1n) is 11.0. The van der Waals surface area contributed by atoms with E-state index in [1.165, 1.54) is 10.7 Å². The first kappa shape index (κ1) is 22.5. The topological polar surface area (TPSA) is 96.3 Å². The van der Waals surface area contributed by atoms with Crippen LogP contribution in [0.15, 0.2) is 34.8 Å². The van der Waals surface area contributed by atoms with Crippen molar-refractivity contribution in [3.8, 4) is 0 Å². The lowest BCUT2D eigenvalue weighted by Gasteiger charge is -2.43. The van der Waals surface area contributed by atoms with Crippen LogP contribution in [0.2, 0.25) is 0 Å². The Bertz CT molecular complexity index is 1050. The Morgan fingerprint density at radius 2 is 2.00 bits per heavy atom. The minimum absolute atomic E-state index is 0.159. The van der Waals surface area contributed by atoms with Gasteiger partial charge in [0.2, 0.25) is 5.91 Å². The fourth-order valence-corrected chi connectivity index (χ4v) is 5.02. The van der Waals surface area contributed by atoms with Crippen molar-refractivity contribution < 1.29 is 14.4 Å². The Labute approximate surface area is 195 Å². The highest BCUT2D eigenvalue weighted by atomic mass is 79.9. The summed E-state index contributed by atoms with van der Waals surface area (Å²) in [7, 11) is 0. The summed E-state index contributed by atoms with van der Waals surface area (Å²) in [5.74, 6) is -0.817. The van der Waals surface area contributed by atoms with Crippen molar-refractivity contribution in [1.82, 2.24) is 25.3 Å². The van der Waals surface area contributed by atoms with Gasteiger partial charge in [-0.3, -0.25) is 19.1 Å². The molecule has 1 aromatic heterocycles. The van der Waals surface area contributed by atoms with Gasteiger partial charge in [0.25, 0.3) is 11.8 Å². The molecule has 2 N–H and O–H groups in total. The van der Waals surface area contributed by atoms with Crippen LogP contribution in [0.3, 0.4) is 0 Å². The van der Waals surface area contributed by atoms with Crippen LogP contribution in [0.1, 0.15) is 66.1 Å². The average molecular weight is 502 g/mol. The molecule has 170 valence electrons. The van der Waals surface area contributed by atoms with E-state index in [0.717, 1.165) is 35.7 Å². The van der Waals surface area contributed by atoms with Crippen LogP contribution in [0, 0.1) is 0 Å². The quantitative estimate of drug-likeness (QED) is 0.635. The van der Waals surface area contributed by atoms with Gasteiger partial charge in [0.1, 0.15) is 11.2 Å². The maximum atomic E-state index is 13.2. The van der Waals surface area contributed by atoms with Gasteiger partial charge in [-0.25, -0.2) is 0 Å². The van der Waals surface area contributed by atoms with Crippen LogP contribution in [-0.2, 0) is 17.9 Å². The molecule has 0 radical (unpaired) electrons. The maximum absolute atomic E-state index is 13.2. The molecule has 3 amide bonds. The zero-order chi connectivity index (χ0) is 22.9. The Morgan fingerprint density at radius 3 is 2.69 bits per heavy atom. The fraction of sp³-hybridized carbons (Fsp3) is 0.478. The third-order valence-electron chi connectivity index (χ3n) is 6.37. The van der Waals surface area contributed by atoms with E-state index in [1.807, 2.05) is 31.2 Å². The Balaban J connectivity index is 1.52. The molecule has 2 aliphatic rings. The summed E-state index contributed by atoms with van der Waals surface area (Å²) in [4.78, 5) is 40.7. The van der Waals surface area contributed by atoms with E-state index in [1.54, 1.807) is 11.8 Å². The summed E-state index contributed by atoms with van der Waals surface area (Å²) in [5, 5.41) is 10.3. The first-order valence-corrected chi connectivity index (χ1v) is 11.8. The van der Waals surface area contributed by atoms with Gasteiger partial charge in [-0.1, -0.05) is 40.9 Å². The van der Waals surface area contributed by atoms with E-state index in [-0.39, 0.29) is 36.0 Å². The third-order valence-corrected chi connectivity index (χ3v) is 6.86. The van der Waals surface area contributed by atoms with Gasteiger partial charge in [-0.2, -0.15) is 5.10 Å². The molecule has 0 unspecified atom stereocenters. The second kappa shape index (κ2) is 9.05. The SMILES string of the molecule is CCN1C(=O)c2cc(C(=O)NCc3cccc(Br)c3)nn2C[C@]1(C)C(=O)NC1CCCC1. The molecular weight excluding hydrogens is 474 g/mol. The number of carbonyl (C=O) groups is 3. The molecule has 0 bridgehead atoms. The second-order valence-corrected chi connectivity index (χ2v) is 9.58. The van der Waals surface area contributed by atoms with Crippen LogP contribution < -0.4 is 10.6 Å². The Kier molecular flexibility index (Phi) is 6.37. The molecule has 4 rings (SSSR count). The average Bonchev–Trinajstić information content (AvgIpc) is 3.42. The van der Waals surface area contributed by atoms with Gasteiger partial charge >= 0.3 is 0 Å². The van der Waals surface area contributed by atoms with Gasteiger partial charge in [0.15, 0.2) is 5.69 Å². The van der Waals surface area contributed by atoms with Gasteiger partial charge in [0, 0.05) is 29.7 Å². The normalized spacial score (nSPS) is 20.8. The summed E-state index contributed by atoms with van der Waals surface area (Å²) in [6.45, 7) is 4.58. The molecular formula is C23H28BrN5O3. The van der Waals surface area contributed by atoms with E-state index in [9.17, 15) is 14.4 Å². The fourth-order valence-electron chi connectivity index (χ4n) is 4.58. The molecule has 2 aromatic rings. The zero-order valence-electron chi connectivity index (χ0n) is 18.4. The van der Waals surface area contributed by atoms with Crippen molar-refractivity contribution >= 4 is 33.7 Å². The number of likely N-dealkylation sites (N-methyl/N-ethyl adjacent to an activating group) is 1. The lowest BCUT2D eigenvalue weighted by molar-refractivity contribution is -0.133. The molecule has 1 aliphatic heterocycles. The predicted molar refractivity (Wildman–Crippen MR) is 123 cm³/mol. The number of nitrogens with zero attached hydrogens (tertiary/aromatic N) is 3. The minimum atomic E-state index is -1.06. The second-order valence-electron chi connectivity index (χ2n) is 8.66. The molecule has 1 aliphatic carbocycles. The van der Waals surface area contributed by atoms with E-state index >= 15 is 0 Å². The highest BCUT2D eigenvalue weighted by Gasteiger charge is 2.48. The van der Waals surface area contributed by atoms with Gasteiger partial charge in [-0.15, -0.1) is 0 Å². The van der Waals surface area contributed by atoms with Crippen LogP contribution in [0.5, 0.6) is 0 Å². The number of fused-ring (bicyclic) bond motifs is 1. The number of halogens is 1. The summed E-state index contributed by atoms with van der Waals surface area (Å²) < 4.78 is 2.43. The van der Waals surface area contributed by atoms with E-state index in [2.05, 4.69) is 31.7 Å².